The Hall–Kier alpha value is -2.31. The number of rotatable bonds is 5. The Morgan fingerprint density at radius 2 is 2.04 bits per heavy atom. The lowest BCUT2D eigenvalue weighted by Crippen LogP contribution is -2.49. The van der Waals surface area contributed by atoms with Crippen molar-refractivity contribution < 1.29 is 18.7 Å². The minimum atomic E-state index is -0.437. The second kappa shape index (κ2) is 8.69. The summed E-state index contributed by atoms with van der Waals surface area (Å²) in [6, 6.07) is 4.60. The quantitative estimate of drug-likeness (QED) is 0.886. The average molecular weight is 351 g/mol. The van der Waals surface area contributed by atoms with Crippen molar-refractivity contribution in [3.63, 3.8) is 0 Å². The smallest absolute Gasteiger partial charge is 0.317 e. The van der Waals surface area contributed by atoms with Crippen molar-refractivity contribution in [2.75, 3.05) is 26.7 Å². The molecule has 3 amide bonds. The molecule has 7 heteroatoms. The van der Waals surface area contributed by atoms with E-state index in [2.05, 4.69) is 5.32 Å². The zero-order valence-corrected chi connectivity index (χ0v) is 15.0. The van der Waals surface area contributed by atoms with Crippen molar-refractivity contribution in [3.05, 3.63) is 29.6 Å². The number of likely N-dealkylation sites (tertiary alicyclic amines) is 1. The zero-order chi connectivity index (χ0) is 18.4. The van der Waals surface area contributed by atoms with Gasteiger partial charge in [0.25, 0.3) is 0 Å². The molecular weight excluding hydrogens is 325 g/mol. The summed E-state index contributed by atoms with van der Waals surface area (Å²) in [5, 5.41) is 3.02. The summed E-state index contributed by atoms with van der Waals surface area (Å²) in [5.74, 6) is -0.178. The number of ether oxygens (including phenoxy) is 1. The van der Waals surface area contributed by atoms with Crippen molar-refractivity contribution in [2.45, 2.75) is 39.3 Å². The van der Waals surface area contributed by atoms with Crippen LogP contribution in [0, 0.1) is 5.82 Å². The monoisotopic (exact) mass is 351 g/mol. The van der Waals surface area contributed by atoms with E-state index in [-0.39, 0.29) is 23.7 Å². The summed E-state index contributed by atoms with van der Waals surface area (Å²) in [5.41, 5.74) is 0.710. The Morgan fingerprint density at radius 1 is 1.36 bits per heavy atom. The third-order valence-electron chi connectivity index (χ3n) is 4.53. The van der Waals surface area contributed by atoms with Gasteiger partial charge in [0.05, 0.1) is 7.11 Å². The first-order valence-electron chi connectivity index (χ1n) is 8.58. The Bertz CT molecular complexity index is 616. The van der Waals surface area contributed by atoms with Gasteiger partial charge >= 0.3 is 6.03 Å². The molecule has 1 aromatic carbocycles. The summed E-state index contributed by atoms with van der Waals surface area (Å²) in [6.07, 6.45) is 1.50. The van der Waals surface area contributed by atoms with Crippen LogP contribution in [0.5, 0.6) is 5.75 Å². The van der Waals surface area contributed by atoms with Gasteiger partial charge in [-0.3, -0.25) is 4.79 Å². The molecule has 0 aromatic heterocycles. The number of urea groups is 1. The molecule has 0 aliphatic carbocycles. The van der Waals surface area contributed by atoms with E-state index >= 15 is 0 Å². The van der Waals surface area contributed by atoms with Gasteiger partial charge < -0.3 is 19.9 Å². The van der Waals surface area contributed by atoms with Crippen molar-refractivity contribution in [3.8, 4) is 5.75 Å². The number of amides is 3. The summed E-state index contributed by atoms with van der Waals surface area (Å²) >= 11 is 0. The molecule has 1 saturated heterocycles. The summed E-state index contributed by atoms with van der Waals surface area (Å²) in [4.78, 5) is 27.3. The molecule has 1 aliphatic rings. The van der Waals surface area contributed by atoms with Crippen LogP contribution in [-0.2, 0) is 11.3 Å². The van der Waals surface area contributed by atoms with Crippen molar-refractivity contribution in [2.24, 2.45) is 0 Å². The van der Waals surface area contributed by atoms with E-state index in [1.165, 1.54) is 13.2 Å². The van der Waals surface area contributed by atoms with Crippen LogP contribution in [0.3, 0.4) is 0 Å². The highest BCUT2D eigenvalue weighted by Gasteiger charge is 2.23. The largest absolute Gasteiger partial charge is 0.494 e. The SMILES string of the molecule is CCN(Cc1ccc(OC)c(F)c1)C(=O)NC1CCN(C(C)=O)CC1. The zero-order valence-electron chi connectivity index (χ0n) is 15.0. The first kappa shape index (κ1) is 19.0. The maximum Gasteiger partial charge on any atom is 0.317 e. The van der Waals surface area contributed by atoms with Gasteiger partial charge in [0.1, 0.15) is 0 Å². The molecule has 0 bridgehead atoms. The van der Waals surface area contributed by atoms with Gasteiger partial charge in [-0.05, 0) is 37.5 Å². The maximum absolute atomic E-state index is 13.8. The average Bonchev–Trinajstić information content (AvgIpc) is 2.60. The molecular formula is C18H26FN3O3. The topological polar surface area (TPSA) is 61.9 Å². The number of hydrogen-bond acceptors (Lipinski definition) is 3. The van der Waals surface area contributed by atoms with Crippen LogP contribution in [0.15, 0.2) is 18.2 Å². The van der Waals surface area contributed by atoms with E-state index in [4.69, 9.17) is 4.74 Å². The Kier molecular flexibility index (Phi) is 6.61. The minimum Gasteiger partial charge on any atom is -0.494 e. The summed E-state index contributed by atoms with van der Waals surface area (Å²) < 4.78 is 18.7. The molecule has 6 nitrogen and oxygen atoms in total. The van der Waals surface area contributed by atoms with Crippen LogP contribution in [0.25, 0.3) is 0 Å². The lowest BCUT2D eigenvalue weighted by atomic mass is 10.1. The number of nitrogens with zero attached hydrogens (tertiary/aromatic N) is 2. The lowest BCUT2D eigenvalue weighted by Gasteiger charge is -2.33. The van der Waals surface area contributed by atoms with Crippen molar-refractivity contribution in [1.29, 1.82) is 0 Å². The number of carbonyl (C=O) groups is 2. The van der Waals surface area contributed by atoms with Crippen molar-refractivity contribution >= 4 is 11.9 Å². The molecule has 0 unspecified atom stereocenters. The van der Waals surface area contributed by atoms with Gasteiger partial charge in [0.2, 0.25) is 5.91 Å². The molecule has 1 fully saturated rings. The number of methoxy groups -OCH3 is 1. The molecule has 1 aromatic rings. The van der Waals surface area contributed by atoms with E-state index in [1.807, 2.05) is 6.92 Å². The number of halogens is 1. The molecule has 0 radical (unpaired) electrons. The van der Waals surface area contributed by atoms with Crippen LogP contribution in [0.4, 0.5) is 9.18 Å². The van der Waals surface area contributed by atoms with Gasteiger partial charge in [0.15, 0.2) is 11.6 Å². The second-order valence-electron chi connectivity index (χ2n) is 6.21. The van der Waals surface area contributed by atoms with E-state index in [0.29, 0.717) is 31.7 Å². The van der Waals surface area contributed by atoms with Crippen LogP contribution in [0.1, 0.15) is 32.3 Å². The Labute approximate surface area is 147 Å². The lowest BCUT2D eigenvalue weighted by molar-refractivity contribution is -0.129. The Morgan fingerprint density at radius 3 is 2.56 bits per heavy atom. The number of hydrogen-bond donors (Lipinski definition) is 1. The van der Waals surface area contributed by atoms with Crippen LogP contribution in [-0.4, -0.2) is 54.5 Å². The molecule has 2 rings (SSSR count). The van der Waals surface area contributed by atoms with E-state index in [0.717, 1.165) is 12.8 Å². The highest BCUT2D eigenvalue weighted by atomic mass is 19.1. The molecule has 1 aliphatic heterocycles. The fourth-order valence-electron chi connectivity index (χ4n) is 2.96. The van der Waals surface area contributed by atoms with E-state index in [1.54, 1.807) is 28.9 Å². The van der Waals surface area contributed by atoms with Crippen LogP contribution in [0.2, 0.25) is 0 Å². The Balaban J connectivity index is 1.90. The first-order valence-corrected chi connectivity index (χ1v) is 8.58. The third-order valence-corrected chi connectivity index (χ3v) is 4.53. The molecule has 138 valence electrons. The number of benzene rings is 1. The summed E-state index contributed by atoms with van der Waals surface area (Å²) in [7, 11) is 1.42. The molecule has 0 spiro atoms. The number of carbonyl (C=O) groups excluding carboxylic acids is 2. The van der Waals surface area contributed by atoms with Gasteiger partial charge in [0, 0.05) is 39.1 Å². The predicted octanol–water partition coefficient (Wildman–Crippen LogP) is 2.38. The van der Waals surface area contributed by atoms with Gasteiger partial charge in [-0.25, -0.2) is 9.18 Å². The predicted molar refractivity (Wildman–Crippen MR) is 92.8 cm³/mol. The molecule has 25 heavy (non-hydrogen) atoms. The molecule has 0 atom stereocenters. The molecule has 1 heterocycles. The standard InChI is InChI=1S/C18H26FN3O3/c1-4-21(12-14-5-6-17(25-3)16(19)11-14)18(24)20-15-7-9-22(10-8-15)13(2)23/h5-6,11,15H,4,7-10,12H2,1-3H3,(H,20,24). The van der Waals surface area contributed by atoms with Gasteiger partial charge in [-0.2, -0.15) is 0 Å². The minimum absolute atomic E-state index is 0.0600. The van der Waals surface area contributed by atoms with Crippen molar-refractivity contribution in [1.82, 2.24) is 15.1 Å². The van der Waals surface area contributed by atoms with E-state index in [9.17, 15) is 14.0 Å². The van der Waals surface area contributed by atoms with Crippen LogP contribution < -0.4 is 10.1 Å². The second-order valence-corrected chi connectivity index (χ2v) is 6.21. The normalized spacial score (nSPS) is 15.0. The number of nitrogens with one attached hydrogen (secondary N) is 1. The third kappa shape index (κ3) is 5.08. The fourth-order valence-corrected chi connectivity index (χ4v) is 2.96. The first-order chi connectivity index (χ1) is 11.9. The highest BCUT2D eigenvalue weighted by Crippen LogP contribution is 2.19. The van der Waals surface area contributed by atoms with Gasteiger partial charge in [-0.1, -0.05) is 6.07 Å². The number of piperidine rings is 1. The summed E-state index contributed by atoms with van der Waals surface area (Å²) in [6.45, 7) is 5.62. The highest BCUT2D eigenvalue weighted by molar-refractivity contribution is 5.75. The molecule has 1 N–H and O–H groups in total. The fraction of sp³-hybridized carbons (Fsp3) is 0.556. The van der Waals surface area contributed by atoms with Gasteiger partial charge in [-0.15, -0.1) is 0 Å². The van der Waals surface area contributed by atoms with Crippen LogP contribution >= 0.6 is 0 Å². The van der Waals surface area contributed by atoms with E-state index < -0.39 is 5.82 Å². The maximum atomic E-state index is 13.8. The molecule has 0 saturated carbocycles.